The van der Waals surface area contributed by atoms with E-state index in [0.717, 1.165) is 12.0 Å². The van der Waals surface area contributed by atoms with Gasteiger partial charge in [-0.25, -0.2) is 0 Å². The molecular weight excluding hydrogens is 398 g/mol. The Bertz CT molecular complexity index is 876. The van der Waals surface area contributed by atoms with Crippen LogP contribution >= 0.6 is 0 Å². The minimum atomic E-state index is -0.807. The van der Waals surface area contributed by atoms with Crippen LogP contribution in [0.25, 0.3) is 0 Å². The van der Waals surface area contributed by atoms with Gasteiger partial charge in [-0.15, -0.1) is 0 Å². The Kier molecular flexibility index (Phi) is 5.95. The van der Waals surface area contributed by atoms with E-state index in [2.05, 4.69) is 16.0 Å². The van der Waals surface area contributed by atoms with Gasteiger partial charge in [-0.2, -0.15) is 0 Å². The maximum atomic E-state index is 13.2. The molecule has 0 saturated carbocycles. The molecule has 0 unspecified atom stereocenters. The second-order valence-electron chi connectivity index (χ2n) is 8.54. The van der Waals surface area contributed by atoms with E-state index in [9.17, 15) is 19.2 Å². The van der Waals surface area contributed by atoms with Crippen molar-refractivity contribution in [3.05, 3.63) is 35.9 Å². The Morgan fingerprint density at radius 3 is 2.52 bits per heavy atom. The van der Waals surface area contributed by atoms with Crippen LogP contribution in [0.4, 0.5) is 0 Å². The molecule has 0 bridgehead atoms. The molecule has 1 aromatic rings. The van der Waals surface area contributed by atoms with Crippen LogP contribution in [0.2, 0.25) is 0 Å². The molecule has 0 aliphatic carbocycles. The normalized spacial score (nSPS) is 32.0. The highest BCUT2D eigenvalue weighted by atomic mass is 16.2. The van der Waals surface area contributed by atoms with Crippen molar-refractivity contribution >= 4 is 23.6 Å². The third kappa shape index (κ3) is 4.14. The van der Waals surface area contributed by atoms with Crippen molar-refractivity contribution in [2.24, 2.45) is 0 Å². The Morgan fingerprint density at radius 2 is 1.77 bits per heavy atom. The van der Waals surface area contributed by atoms with Crippen molar-refractivity contribution in [3.8, 4) is 0 Å². The highest BCUT2D eigenvalue weighted by molar-refractivity contribution is 5.95. The molecule has 4 amide bonds. The van der Waals surface area contributed by atoms with Gasteiger partial charge in [0.2, 0.25) is 23.6 Å². The van der Waals surface area contributed by atoms with Gasteiger partial charge in [-0.05, 0) is 32.3 Å². The number of amides is 4. The van der Waals surface area contributed by atoms with Gasteiger partial charge in [-0.1, -0.05) is 30.3 Å². The first kappa shape index (κ1) is 21.3. The number of nitrogens with one attached hydrogen (secondary N) is 3. The fourth-order valence-corrected chi connectivity index (χ4v) is 4.78. The quantitative estimate of drug-likeness (QED) is 0.582. The minimum Gasteiger partial charge on any atom is -0.348 e. The summed E-state index contributed by atoms with van der Waals surface area (Å²) in [5, 5.41) is 8.94. The molecule has 9 nitrogen and oxygen atoms in total. The molecule has 4 rings (SSSR count). The molecule has 0 spiro atoms. The lowest BCUT2D eigenvalue weighted by Crippen LogP contribution is -2.62. The molecule has 3 saturated heterocycles. The monoisotopic (exact) mass is 427 g/mol. The van der Waals surface area contributed by atoms with Crippen LogP contribution in [0.3, 0.4) is 0 Å². The lowest BCUT2D eigenvalue weighted by Gasteiger charge is -2.37. The molecule has 3 N–H and O–H groups in total. The van der Waals surface area contributed by atoms with Crippen LogP contribution in [-0.2, 0) is 25.6 Å². The van der Waals surface area contributed by atoms with E-state index in [1.807, 2.05) is 37.3 Å². The van der Waals surface area contributed by atoms with Crippen molar-refractivity contribution in [3.63, 3.8) is 0 Å². The highest BCUT2D eigenvalue weighted by Gasteiger charge is 2.46. The molecule has 3 heterocycles. The average molecular weight is 428 g/mol. The predicted octanol–water partition coefficient (Wildman–Crippen LogP) is -0.630. The second-order valence-corrected chi connectivity index (χ2v) is 8.54. The Labute approximate surface area is 181 Å². The summed E-state index contributed by atoms with van der Waals surface area (Å²) in [7, 11) is 0. The maximum absolute atomic E-state index is 13.2. The van der Waals surface area contributed by atoms with Crippen LogP contribution in [0.1, 0.15) is 32.3 Å². The number of rotatable bonds is 2. The summed E-state index contributed by atoms with van der Waals surface area (Å²) in [6.45, 7) is 3.87. The molecule has 0 radical (unpaired) electrons. The van der Waals surface area contributed by atoms with E-state index < -0.39 is 30.3 Å². The predicted molar refractivity (Wildman–Crippen MR) is 113 cm³/mol. The summed E-state index contributed by atoms with van der Waals surface area (Å²) in [5.41, 5.74) is 0.906. The molecule has 31 heavy (non-hydrogen) atoms. The maximum Gasteiger partial charge on any atom is 0.243 e. The summed E-state index contributed by atoms with van der Waals surface area (Å²) in [6.07, 6.45) is 1.11. The number of fused-ring (bicyclic) bond motifs is 2. The molecular formula is C22H29N5O4. The van der Waals surface area contributed by atoms with Crippen LogP contribution in [-0.4, -0.2) is 76.9 Å². The van der Waals surface area contributed by atoms with Gasteiger partial charge >= 0.3 is 0 Å². The standard InChI is InChI=1S/C22H29N5O4/c1-13-19-24-14(2)22(31)27(19)17(11-15-7-4-3-5-8-15)20(29)23-12-18(28)26-10-6-9-16(26)21(30)25-13/h3-5,7-8,13-14,16-17,19,24H,6,9-12H2,1-2H3,(H,23,29)(H,25,30)/t13-,14-,16-,17-,19+/m0/s1. The minimum absolute atomic E-state index is 0.195. The molecule has 166 valence electrons. The van der Waals surface area contributed by atoms with Gasteiger partial charge in [0.25, 0.3) is 0 Å². The zero-order chi connectivity index (χ0) is 22.1. The van der Waals surface area contributed by atoms with E-state index >= 15 is 0 Å². The van der Waals surface area contributed by atoms with Crippen molar-refractivity contribution < 1.29 is 19.2 Å². The van der Waals surface area contributed by atoms with Crippen LogP contribution < -0.4 is 16.0 Å². The summed E-state index contributed by atoms with van der Waals surface area (Å²) in [5.74, 6) is -1.08. The summed E-state index contributed by atoms with van der Waals surface area (Å²) >= 11 is 0. The van der Waals surface area contributed by atoms with Crippen molar-refractivity contribution in [2.45, 2.75) is 63.4 Å². The fourth-order valence-electron chi connectivity index (χ4n) is 4.78. The van der Waals surface area contributed by atoms with Gasteiger partial charge < -0.3 is 20.4 Å². The Balaban J connectivity index is 1.69. The van der Waals surface area contributed by atoms with Crippen molar-refractivity contribution in [1.29, 1.82) is 0 Å². The number of nitrogens with zero attached hydrogens (tertiary/aromatic N) is 2. The first-order valence-electron chi connectivity index (χ1n) is 10.9. The Morgan fingerprint density at radius 1 is 1.03 bits per heavy atom. The van der Waals surface area contributed by atoms with Crippen LogP contribution in [0.15, 0.2) is 30.3 Å². The van der Waals surface area contributed by atoms with E-state index in [0.29, 0.717) is 19.4 Å². The number of hydrogen-bond acceptors (Lipinski definition) is 5. The van der Waals surface area contributed by atoms with E-state index in [1.165, 1.54) is 4.90 Å². The lowest BCUT2D eigenvalue weighted by atomic mass is 10.0. The molecule has 9 heteroatoms. The zero-order valence-corrected chi connectivity index (χ0v) is 17.8. The van der Waals surface area contributed by atoms with E-state index in [-0.39, 0.29) is 30.2 Å². The summed E-state index contributed by atoms with van der Waals surface area (Å²) in [6, 6.07) is 7.18. The topological polar surface area (TPSA) is 111 Å². The van der Waals surface area contributed by atoms with Gasteiger partial charge in [0.1, 0.15) is 18.2 Å². The third-order valence-electron chi connectivity index (χ3n) is 6.39. The molecule has 3 aliphatic heterocycles. The highest BCUT2D eigenvalue weighted by Crippen LogP contribution is 2.23. The van der Waals surface area contributed by atoms with Crippen molar-refractivity contribution in [1.82, 2.24) is 25.8 Å². The zero-order valence-electron chi connectivity index (χ0n) is 17.8. The molecule has 3 aliphatic rings. The van der Waals surface area contributed by atoms with Crippen LogP contribution in [0, 0.1) is 0 Å². The fraction of sp³-hybridized carbons (Fsp3) is 0.545. The van der Waals surface area contributed by atoms with Crippen LogP contribution in [0.5, 0.6) is 0 Å². The smallest absolute Gasteiger partial charge is 0.243 e. The van der Waals surface area contributed by atoms with Crippen molar-refractivity contribution in [2.75, 3.05) is 13.1 Å². The Hall–Kier alpha value is -2.94. The van der Waals surface area contributed by atoms with Gasteiger partial charge in [-0.3, -0.25) is 24.5 Å². The van der Waals surface area contributed by atoms with Gasteiger partial charge in [0, 0.05) is 13.0 Å². The molecule has 5 atom stereocenters. The first-order chi connectivity index (χ1) is 14.9. The molecule has 1 aromatic carbocycles. The largest absolute Gasteiger partial charge is 0.348 e. The second kappa shape index (κ2) is 8.66. The number of carbonyl (C=O) groups excluding carboxylic acids is 4. The van der Waals surface area contributed by atoms with E-state index in [4.69, 9.17) is 0 Å². The van der Waals surface area contributed by atoms with Gasteiger partial charge in [0.05, 0.1) is 18.6 Å². The van der Waals surface area contributed by atoms with Gasteiger partial charge in [0.15, 0.2) is 0 Å². The molecule has 0 aromatic heterocycles. The molecule has 3 fully saturated rings. The summed E-state index contributed by atoms with van der Waals surface area (Å²) in [4.78, 5) is 55.1. The SMILES string of the molecule is C[C@@H]1N[C@H]2[C@H](C)NC(=O)[C@@H]3CCCN3C(=O)CNC(=O)[C@H](Cc3ccccc3)N2C1=O. The van der Waals surface area contributed by atoms with E-state index in [1.54, 1.807) is 11.8 Å². The first-order valence-corrected chi connectivity index (χ1v) is 10.9. The average Bonchev–Trinajstić information content (AvgIpc) is 3.36. The number of hydrogen-bond donors (Lipinski definition) is 3. The third-order valence-corrected chi connectivity index (χ3v) is 6.39. The lowest BCUT2D eigenvalue weighted by molar-refractivity contribution is -0.143. The number of benzene rings is 1. The number of carbonyl (C=O) groups is 4. The summed E-state index contributed by atoms with van der Waals surface area (Å²) < 4.78 is 0.